The molecule has 0 aliphatic carbocycles. The highest BCUT2D eigenvalue weighted by Crippen LogP contribution is 2.07. The number of alkyl halides is 1. The second-order valence-corrected chi connectivity index (χ2v) is 3.08. The number of hydrogen-bond acceptors (Lipinski definition) is 2. The number of ether oxygens (including phenoxy) is 2. The molecule has 2 rings (SSSR count). The van der Waals surface area contributed by atoms with Gasteiger partial charge < -0.3 is 9.47 Å². The van der Waals surface area contributed by atoms with E-state index in [1.54, 1.807) is 31.4 Å². The van der Waals surface area contributed by atoms with Gasteiger partial charge in [-0.15, -0.1) is 0 Å². The standard InChI is InChI=1S/C7H7FO.C7H8O/c8-6-9-7-4-2-1-3-5-7;1-8-7-5-3-2-4-6-7/h1-5H,6H2;2-6H,1H3. The van der Waals surface area contributed by atoms with Crippen LogP contribution in [0.15, 0.2) is 60.7 Å². The van der Waals surface area contributed by atoms with Crippen molar-refractivity contribution in [1.29, 1.82) is 0 Å². The highest BCUT2D eigenvalue weighted by molar-refractivity contribution is 5.21. The second kappa shape index (κ2) is 8.16. The average molecular weight is 234 g/mol. The third kappa shape index (κ3) is 5.56. The first-order chi connectivity index (χ1) is 8.36. The zero-order chi connectivity index (χ0) is 12.3. The van der Waals surface area contributed by atoms with Crippen LogP contribution in [0, 0.1) is 0 Å². The minimum atomic E-state index is -0.760. The molecule has 0 atom stereocenters. The van der Waals surface area contributed by atoms with Crippen LogP contribution >= 0.6 is 0 Å². The summed E-state index contributed by atoms with van der Waals surface area (Å²) >= 11 is 0. The summed E-state index contributed by atoms with van der Waals surface area (Å²) < 4.78 is 20.9. The fourth-order valence-electron chi connectivity index (χ4n) is 1.14. The minimum Gasteiger partial charge on any atom is -0.497 e. The van der Waals surface area contributed by atoms with Crippen molar-refractivity contribution in [1.82, 2.24) is 0 Å². The van der Waals surface area contributed by atoms with Gasteiger partial charge in [0.05, 0.1) is 7.11 Å². The van der Waals surface area contributed by atoms with Crippen LogP contribution in [0.3, 0.4) is 0 Å². The zero-order valence-corrected chi connectivity index (χ0v) is 9.68. The van der Waals surface area contributed by atoms with E-state index < -0.39 is 6.86 Å². The number of hydrogen-bond donors (Lipinski definition) is 0. The van der Waals surface area contributed by atoms with Gasteiger partial charge in [-0.2, -0.15) is 0 Å². The van der Waals surface area contributed by atoms with E-state index in [0.717, 1.165) is 5.75 Å². The molecule has 0 spiro atoms. The van der Waals surface area contributed by atoms with Crippen LogP contribution in [0.5, 0.6) is 11.5 Å². The van der Waals surface area contributed by atoms with Crippen LogP contribution < -0.4 is 9.47 Å². The number of rotatable bonds is 3. The van der Waals surface area contributed by atoms with Gasteiger partial charge in [-0.25, -0.2) is 4.39 Å². The molecule has 0 aromatic heterocycles. The quantitative estimate of drug-likeness (QED) is 0.806. The van der Waals surface area contributed by atoms with Crippen molar-refractivity contribution in [2.75, 3.05) is 14.0 Å². The maximum atomic E-state index is 11.5. The normalized spacial score (nSPS) is 8.82. The first kappa shape index (κ1) is 13.0. The molecule has 0 aliphatic rings. The molecule has 0 saturated heterocycles. The molecular weight excluding hydrogens is 219 g/mol. The smallest absolute Gasteiger partial charge is 0.228 e. The second-order valence-electron chi connectivity index (χ2n) is 3.08. The van der Waals surface area contributed by atoms with Crippen molar-refractivity contribution in [3.63, 3.8) is 0 Å². The summed E-state index contributed by atoms with van der Waals surface area (Å²) in [5.74, 6) is 1.48. The average Bonchev–Trinajstić information content (AvgIpc) is 2.42. The summed E-state index contributed by atoms with van der Waals surface area (Å²) in [6, 6.07) is 18.5. The van der Waals surface area contributed by atoms with E-state index >= 15 is 0 Å². The molecule has 90 valence electrons. The van der Waals surface area contributed by atoms with Crippen molar-refractivity contribution in [2.24, 2.45) is 0 Å². The van der Waals surface area contributed by atoms with Crippen LogP contribution in [0.2, 0.25) is 0 Å². The van der Waals surface area contributed by atoms with E-state index in [2.05, 4.69) is 4.74 Å². The lowest BCUT2D eigenvalue weighted by atomic mass is 10.3. The maximum Gasteiger partial charge on any atom is 0.228 e. The van der Waals surface area contributed by atoms with Gasteiger partial charge in [-0.05, 0) is 24.3 Å². The van der Waals surface area contributed by atoms with Gasteiger partial charge in [-0.3, -0.25) is 0 Å². The Hall–Kier alpha value is -2.03. The number of halogens is 1. The van der Waals surface area contributed by atoms with Crippen molar-refractivity contribution in [3.8, 4) is 11.5 Å². The Labute approximate surface area is 101 Å². The molecule has 0 heterocycles. The van der Waals surface area contributed by atoms with E-state index in [-0.39, 0.29) is 0 Å². The summed E-state index contributed by atoms with van der Waals surface area (Å²) in [5.41, 5.74) is 0. The first-order valence-corrected chi connectivity index (χ1v) is 5.19. The monoisotopic (exact) mass is 234 g/mol. The SMILES string of the molecule is COc1ccccc1.FCOc1ccccc1. The largest absolute Gasteiger partial charge is 0.497 e. The Morgan fingerprint density at radius 1 is 0.824 bits per heavy atom. The molecule has 2 nitrogen and oxygen atoms in total. The molecule has 0 unspecified atom stereocenters. The van der Waals surface area contributed by atoms with Crippen LogP contribution in [-0.2, 0) is 0 Å². The minimum absolute atomic E-state index is 0.569. The number of benzene rings is 2. The Balaban J connectivity index is 0.000000171. The molecule has 0 saturated carbocycles. The van der Waals surface area contributed by atoms with Crippen molar-refractivity contribution >= 4 is 0 Å². The third-order valence-corrected chi connectivity index (χ3v) is 1.94. The Bertz CT molecular complexity index is 389. The topological polar surface area (TPSA) is 18.5 Å². The van der Waals surface area contributed by atoms with Gasteiger partial charge in [0.15, 0.2) is 0 Å². The molecule has 2 aromatic rings. The van der Waals surface area contributed by atoms with E-state index in [0.29, 0.717) is 5.75 Å². The molecule has 2 aromatic carbocycles. The molecule has 0 N–H and O–H groups in total. The van der Waals surface area contributed by atoms with E-state index in [4.69, 9.17) is 4.74 Å². The van der Waals surface area contributed by atoms with Gasteiger partial charge in [0.2, 0.25) is 6.86 Å². The van der Waals surface area contributed by atoms with Gasteiger partial charge in [0, 0.05) is 0 Å². The molecule has 0 bridgehead atoms. The lowest BCUT2D eigenvalue weighted by Crippen LogP contribution is -1.87. The summed E-state index contributed by atoms with van der Waals surface area (Å²) in [7, 11) is 1.66. The van der Waals surface area contributed by atoms with E-state index in [1.165, 1.54) is 0 Å². The first-order valence-electron chi connectivity index (χ1n) is 5.19. The fraction of sp³-hybridized carbons (Fsp3) is 0.143. The fourth-order valence-corrected chi connectivity index (χ4v) is 1.14. The highest BCUT2D eigenvalue weighted by atomic mass is 19.1. The van der Waals surface area contributed by atoms with Gasteiger partial charge in [0.25, 0.3) is 0 Å². The Morgan fingerprint density at radius 2 is 1.29 bits per heavy atom. The lowest BCUT2D eigenvalue weighted by Gasteiger charge is -1.96. The molecule has 0 amide bonds. The molecule has 0 fully saturated rings. The summed E-state index contributed by atoms with van der Waals surface area (Å²) in [4.78, 5) is 0. The van der Waals surface area contributed by atoms with Gasteiger partial charge in [0.1, 0.15) is 11.5 Å². The van der Waals surface area contributed by atoms with E-state index in [9.17, 15) is 4.39 Å². The predicted octanol–water partition coefficient (Wildman–Crippen LogP) is 3.69. The van der Waals surface area contributed by atoms with Gasteiger partial charge >= 0.3 is 0 Å². The Kier molecular flexibility index (Phi) is 6.26. The highest BCUT2D eigenvalue weighted by Gasteiger charge is 1.85. The van der Waals surface area contributed by atoms with E-state index in [1.807, 2.05) is 36.4 Å². The van der Waals surface area contributed by atoms with Crippen molar-refractivity contribution in [2.45, 2.75) is 0 Å². The third-order valence-electron chi connectivity index (χ3n) is 1.94. The molecule has 3 heteroatoms. The lowest BCUT2D eigenvalue weighted by molar-refractivity contribution is 0.192. The number of para-hydroxylation sites is 2. The molecule has 0 aliphatic heterocycles. The Morgan fingerprint density at radius 3 is 1.65 bits per heavy atom. The zero-order valence-electron chi connectivity index (χ0n) is 9.68. The van der Waals surface area contributed by atoms with Crippen molar-refractivity contribution < 1.29 is 13.9 Å². The number of methoxy groups -OCH3 is 1. The summed E-state index contributed by atoms with van der Waals surface area (Å²) in [6.45, 7) is -0.760. The maximum absolute atomic E-state index is 11.5. The predicted molar refractivity (Wildman–Crippen MR) is 66.0 cm³/mol. The van der Waals surface area contributed by atoms with Crippen LogP contribution in [0.1, 0.15) is 0 Å². The molecule has 17 heavy (non-hydrogen) atoms. The summed E-state index contributed by atoms with van der Waals surface area (Å²) in [6.07, 6.45) is 0. The van der Waals surface area contributed by atoms with Crippen LogP contribution in [0.25, 0.3) is 0 Å². The molecular formula is C14H15FO2. The molecule has 0 radical (unpaired) electrons. The van der Waals surface area contributed by atoms with Crippen LogP contribution in [-0.4, -0.2) is 14.0 Å². The van der Waals surface area contributed by atoms with Crippen molar-refractivity contribution in [3.05, 3.63) is 60.7 Å². The van der Waals surface area contributed by atoms with Gasteiger partial charge in [-0.1, -0.05) is 36.4 Å². The van der Waals surface area contributed by atoms with Crippen LogP contribution in [0.4, 0.5) is 4.39 Å². The summed E-state index contributed by atoms with van der Waals surface area (Å²) in [5, 5.41) is 0.